The zero-order valence-electron chi connectivity index (χ0n) is 11.3. The van der Waals surface area contributed by atoms with Crippen molar-refractivity contribution in [2.75, 3.05) is 26.8 Å². The maximum Gasteiger partial charge on any atom is 0.234 e. The lowest BCUT2D eigenvalue weighted by molar-refractivity contribution is -0.120. The Morgan fingerprint density at radius 3 is 2.76 bits per heavy atom. The van der Waals surface area contributed by atoms with Gasteiger partial charge < -0.3 is 15.4 Å². The number of nitrogens with one attached hydrogen (secondary N) is 2. The molecule has 0 bridgehead atoms. The molecule has 3 atom stereocenters. The summed E-state index contributed by atoms with van der Waals surface area (Å²) < 4.78 is 4.88. The average molecular weight is 242 g/mol. The summed E-state index contributed by atoms with van der Waals surface area (Å²) in [6.07, 6.45) is 3.74. The van der Waals surface area contributed by atoms with Crippen LogP contribution in [-0.4, -0.2) is 38.8 Å². The Labute approximate surface area is 104 Å². The van der Waals surface area contributed by atoms with Crippen molar-refractivity contribution in [1.82, 2.24) is 10.6 Å². The third-order valence-corrected chi connectivity index (χ3v) is 3.90. The molecular weight excluding hydrogens is 216 g/mol. The summed E-state index contributed by atoms with van der Waals surface area (Å²) in [6.45, 7) is 6.14. The first-order valence-corrected chi connectivity index (χ1v) is 6.68. The van der Waals surface area contributed by atoms with Crippen molar-refractivity contribution in [3.63, 3.8) is 0 Å². The van der Waals surface area contributed by atoms with Crippen LogP contribution in [0.1, 0.15) is 33.1 Å². The van der Waals surface area contributed by atoms with E-state index >= 15 is 0 Å². The summed E-state index contributed by atoms with van der Waals surface area (Å²) >= 11 is 0. The fourth-order valence-electron chi connectivity index (χ4n) is 2.69. The summed E-state index contributed by atoms with van der Waals surface area (Å²) in [7, 11) is 1.63. The second-order valence-corrected chi connectivity index (χ2v) is 4.93. The van der Waals surface area contributed by atoms with E-state index in [1.54, 1.807) is 7.11 Å². The van der Waals surface area contributed by atoms with Crippen LogP contribution >= 0.6 is 0 Å². The van der Waals surface area contributed by atoms with Gasteiger partial charge in [-0.15, -0.1) is 0 Å². The largest absolute Gasteiger partial charge is 0.383 e. The predicted molar refractivity (Wildman–Crippen MR) is 68.9 cm³/mol. The minimum absolute atomic E-state index is 0.0641. The lowest BCUT2D eigenvalue weighted by Gasteiger charge is -2.20. The second kappa shape index (κ2) is 7.67. The first-order valence-electron chi connectivity index (χ1n) is 6.68. The van der Waals surface area contributed by atoms with Crippen LogP contribution in [0.2, 0.25) is 0 Å². The summed E-state index contributed by atoms with van der Waals surface area (Å²) in [4.78, 5) is 11.5. The van der Waals surface area contributed by atoms with Gasteiger partial charge in [-0.05, 0) is 24.7 Å². The second-order valence-electron chi connectivity index (χ2n) is 4.93. The highest BCUT2D eigenvalue weighted by Crippen LogP contribution is 2.33. The molecule has 0 radical (unpaired) electrons. The van der Waals surface area contributed by atoms with Crippen LogP contribution < -0.4 is 10.6 Å². The standard InChI is InChI=1S/C13H26N2O2/c1-4-11-5-6-12(10(11)2)15-9-13(16)14-7-8-17-3/h10-12,15H,4-9H2,1-3H3,(H,14,16). The molecule has 0 aromatic rings. The van der Waals surface area contributed by atoms with Crippen molar-refractivity contribution < 1.29 is 9.53 Å². The van der Waals surface area contributed by atoms with E-state index in [4.69, 9.17) is 4.74 Å². The third kappa shape index (κ3) is 4.64. The molecule has 0 saturated heterocycles. The van der Waals surface area contributed by atoms with Gasteiger partial charge in [0.25, 0.3) is 0 Å². The summed E-state index contributed by atoms with van der Waals surface area (Å²) in [5.41, 5.74) is 0. The SMILES string of the molecule is CCC1CCC(NCC(=O)NCCOC)C1C. The van der Waals surface area contributed by atoms with Crippen LogP contribution in [0.4, 0.5) is 0 Å². The highest BCUT2D eigenvalue weighted by Gasteiger charge is 2.31. The lowest BCUT2D eigenvalue weighted by atomic mass is 9.93. The number of carbonyl (C=O) groups excluding carboxylic acids is 1. The number of ether oxygens (including phenoxy) is 1. The molecule has 100 valence electrons. The van der Waals surface area contributed by atoms with Crippen molar-refractivity contribution in [2.45, 2.75) is 39.2 Å². The molecular formula is C13H26N2O2. The van der Waals surface area contributed by atoms with E-state index in [0.29, 0.717) is 31.7 Å². The zero-order chi connectivity index (χ0) is 12.7. The summed E-state index contributed by atoms with van der Waals surface area (Å²) in [5.74, 6) is 1.57. The number of amides is 1. The molecule has 1 rings (SSSR count). The smallest absolute Gasteiger partial charge is 0.234 e. The molecule has 0 heterocycles. The maximum absolute atomic E-state index is 11.5. The Morgan fingerprint density at radius 2 is 2.18 bits per heavy atom. The minimum atomic E-state index is 0.0641. The Balaban J connectivity index is 2.16. The van der Waals surface area contributed by atoms with Gasteiger partial charge in [-0.2, -0.15) is 0 Å². The van der Waals surface area contributed by atoms with E-state index in [9.17, 15) is 4.79 Å². The normalized spacial score (nSPS) is 28.3. The molecule has 1 amide bonds. The van der Waals surface area contributed by atoms with E-state index in [1.165, 1.54) is 19.3 Å². The van der Waals surface area contributed by atoms with Gasteiger partial charge in [-0.3, -0.25) is 4.79 Å². The highest BCUT2D eigenvalue weighted by molar-refractivity contribution is 5.77. The monoisotopic (exact) mass is 242 g/mol. The zero-order valence-corrected chi connectivity index (χ0v) is 11.3. The Kier molecular flexibility index (Phi) is 6.52. The van der Waals surface area contributed by atoms with E-state index in [2.05, 4.69) is 24.5 Å². The van der Waals surface area contributed by atoms with Gasteiger partial charge in [-0.25, -0.2) is 0 Å². The van der Waals surface area contributed by atoms with Gasteiger partial charge in [0.1, 0.15) is 0 Å². The van der Waals surface area contributed by atoms with E-state index in [0.717, 1.165) is 5.92 Å². The summed E-state index contributed by atoms with van der Waals surface area (Å²) in [6, 6.07) is 0.508. The molecule has 1 saturated carbocycles. The van der Waals surface area contributed by atoms with Crippen molar-refractivity contribution in [1.29, 1.82) is 0 Å². The van der Waals surface area contributed by atoms with Crippen LogP contribution in [0, 0.1) is 11.8 Å². The number of hydrogen-bond acceptors (Lipinski definition) is 3. The third-order valence-electron chi connectivity index (χ3n) is 3.90. The molecule has 4 heteroatoms. The highest BCUT2D eigenvalue weighted by atomic mass is 16.5. The van der Waals surface area contributed by atoms with Crippen molar-refractivity contribution >= 4 is 5.91 Å². The number of methoxy groups -OCH3 is 1. The van der Waals surface area contributed by atoms with Gasteiger partial charge >= 0.3 is 0 Å². The van der Waals surface area contributed by atoms with E-state index in [1.807, 2.05) is 0 Å². The fraction of sp³-hybridized carbons (Fsp3) is 0.923. The van der Waals surface area contributed by atoms with Crippen molar-refractivity contribution in [2.24, 2.45) is 11.8 Å². The first kappa shape index (κ1) is 14.5. The van der Waals surface area contributed by atoms with Gasteiger partial charge in [-0.1, -0.05) is 20.3 Å². The van der Waals surface area contributed by atoms with Crippen LogP contribution in [0.3, 0.4) is 0 Å². The molecule has 0 aromatic carbocycles. The topological polar surface area (TPSA) is 50.4 Å². The molecule has 3 unspecified atom stereocenters. The fourth-order valence-corrected chi connectivity index (χ4v) is 2.69. The molecule has 1 fully saturated rings. The molecule has 1 aliphatic carbocycles. The number of rotatable bonds is 7. The van der Waals surface area contributed by atoms with Crippen LogP contribution in [0.25, 0.3) is 0 Å². The van der Waals surface area contributed by atoms with Gasteiger partial charge in [0.05, 0.1) is 13.2 Å². The molecule has 1 aliphatic rings. The molecule has 17 heavy (non-hydrogen) atoms. The Hall–Kier alpha value is -0.610. The number of hydrogen-bond donors (Lipinski definition) is 2. The molecule has 0 aromatic heterocycles. The van der Waals surface area contributed by atoms with Crippen molar-refractivity contribution in [3.8, 4) is 0 Å². The van der Waals surface area contributed by atoms with Gasteiger partial charge in [0.2, 0.25) is 5.91 Å². The van der Waals surface area contributed by atoms with Crippen molar-refractivity contribution in [3.05, 3.63) is 0 Å². The quantitative estimate of drug-likeness (QED) is 0.659. The lowest BCUT2D eigenvalue weighted by Crippen LogP contribution is -2.41. The molecule has 0 aliphatic heterocycles. The molecule has 2 N–H and O–H groups in total. The van der Waals surface area contributed by atoms with Gasteiger partial charge in [0, 0.05) is 19.7 Å². The van der Waals surface area contributed by atoms with Crippen LogP contribution in [-0.2, 0) is 9.53 Å². The van der Waals surface area contributed by atoms with E-state index < -0.39 is 0 Å². The maximum atomic E-state index is 11.5. The number of carbonyl (C=O) groups is 1. The molecule has 0 spiro atoms. The average Bonchev–Trinajstić information content (AvgIpc) is 2.68. The first-order chi connectivity index (χ1) is 8.19. The molecule has 4 nitrogen and oxygen atoms in total. The predicted octanol–water partition coefficient (Wildman–Crippen LogP) is 1.16. The van der Waals surface area contributed by atoms with E-state index in [-0.39, 0.29) is 5.91 Å². The van der Waals surface area contributed by atoms with Gasteiger partial charge in [0.15, 0.2) is 0 Å². The minimum Gasteiger partial charge on any atom is -0.383 e. The summed E-state index contributed by atoms with van der Waals surface area (Å²) in [5, 5.41) is 6.19. The Morgan fingerprint density at radius 1 is 1.41 bits per heavy atom. The van der Waals surface area contributed by atoms with Crippen LogP contribution in [0.15, 0.2) is 0 Å². The Bertz CT molecular complexity index is 233. The van der Waals surface area contributed by atoms with Crippen LogP contribution in [0.5, 0.6) is 0 Å².